The van der Waals surface area contributed by atoms with Gasteiger partial charge in [0.1, 0.15) is 0 Å². The third kappa shape index (κ3) is 2.29. The lowest BCUT2D eigenvalue weighted by atomic mass is 10.2. The Kier molecular flexibility index (Phi) is 3.21. The molecule has 1 aromatic carbocycles. The van der Waals surface area contributed by atoms with Crippen LogP contribution < -0.4 is 0 Å². The van der Waals surface area contributed by atoms with Crippen molar-refractivity contribution in [3.8, 4) is 0 Å². The molecule has 0 spiro atoms. The highest BCUT2D eigenvalue weighted by Gasteiger charge is 2.17. The summed E-state index contributed by atoms with van der Waals surface area (Å²) in [7, 11) is 0. The number of imidazole rings is 1. The van der Waals surface area contributed by atoms with E-state index in [1.165, 1.54) is 0 Å². The van der Waals surface area contributed by atoms with Gasteiger partial charge >= 0.3 is 5.97 Å². The summed E-state index contributed by atoms with van der Waals surface area (Å²) < 4.78 is 3.77. The Morgan fingerprint density at radius 1 is 1.33 bits per heavy atom. The molecule has 21 heavy (non-hydrogen) atoms. The summed E-state index contributed by atoms with van der Waals surface area (Å²) in [6.45, 7) is 4.65. The molecule has 3 rings (SSSR count). The normalized spacial score (nSPS) is 11.4. The first kappa shape index (κ1) is 13.4. The molecule has 6 nitrogen and oxygen atoms in total. The van der Waals surface area contributed by atoms with E-state index in [-0.39, 0.29) is 5.69 Å². The minimum Gasteiger partial charge on any atom is -0.476 e. The van der Waals surface area contributed by atoms with Gasteiger partial charge in [-0.3, -0.25) is 4.68 Å². The number of hydrogen-bond donors (Lipinski definition) is 1. The number of nitrogens with zero attached hydrogens (tertiary/aromatic N) is 4. The highest BCUT2D eigenvalue weighted by Crippen LogP contribution is 2.20. The van der Waals surface area contributed by atoms with Crippen molar-refractivity contribution in [3.05, 3.63) is 48.2 Å². The van der Waals surface area contributed by atoms with Gasteiger partial charge in [0.05, 0.1) is 30.3 Å². The fourth-order valence-electron chi connectivity index (χ4n) is 2.48. The average molecular weight is 284 g/mol. The predicted molar refractivity (Wildman–Crippen MR) is 78.4 cm³/mol. The molecule has 0 radical (unpaired) electrons. The summed E-state index contributed by atoms with van der Waals surface area (Å²) in [5.41, 5.74) is 1.89. The van der Waals surface area contributed by atoms with Crippen molar-refractivity contribution in [1.82, 2.24) is 19.3 Å². The van der Waals surface area contributed by atoms with Crippen LogP contribution in [0.3, 0.4) is 0 Å². The summed E-state index contributed by atoms with van der Waals surface area (Å²) in [6, 6.07) is 7.65. The quantitative estimate of drug-likeness (QED) is 0.799. The Morgan fingerprint density at radius 2 is 2.10 bits per heavy atom. The van der Waals surface area contributed by atoms with Gasteiger partial charge in [0.25, 0.3) is 0 Å². The smallest absolute Gasteiger partial charge is 0.357 e. The first-order chi connectivity index (χ1) is 10.1. The van der Waals surface area contributed by atoms with Crippen LogP contribution in [0.1, 0.15) is 36.1 Å². The largest absolute Gasteiger partial charge is 0.476 e. The topological polar surface area (TPSA) is 72.9 Å². The van der Waals surface area contributed by atoms with E-state index in [9.17, 15) is 9.90 Å². The zero-order chi connectivity index (χ0) is 15.0. The number of benzene rings is 1. The van der Waals surface area contributed by atoms with Crippen LogP contribution in [-0.4, -0.2) is 30.4 Å². The molecule has 2 aromatic heterocycles. The number of aromatic nitrogens is 4. The second kappa shape index (κ2) is 5.05. The zero-order valence-corrected chi connectivity index (χ0v) is 11.9. The van der Waals surface area contributed by atoms with Crippen LogP contribution in [0.15, 0.2) is 36.8 Å². The van der Waals surface area contributed by atoms with Crippen molar-refractivity contribution < 1.29 is 9.90 Å². The van der Waals surface area contributed by atoms with E-state index >= 15 is 0 Å². The van der Waals surface area contributed by atoms with Gasteiger partial charge in [-0.25, -0.2) is 9.78 Å². The molecular weight excluding hydrogens is 268 g/mol. The number of carboxylic acid groups (broad SMARTS) is 1. The molecule has 0 aliphatic heterocycles. The molecule has 0 amide bonds. The third-order valence-electron chi connectivity index (χ3n) is 3.47. The van der Waals surface area contributed by atoms with Crippen molar-refractivity contribution >= 4 is 16.9 Å². The highest BCUT2D eigenvalue weighted by molar-refractivity contribution is 6.01. The molecule has 3 aromatic rings. The molecule has 0 saturated heterocycles. The molecule has 6 heteroatoms. The fourth-order valence-corrected chi connectivity index (χ4v) is 2.48. The van der Waals surface area contributed by atoms with E-state index in [0.29, 0.717) is 18.0 Å². The van der Waals surface area contributed by atoms with E-state index in [4.69, 9.17) is 0 Å². The van der Waals surface area contributed by atoms with Crippen molar-refractivity contribution in [2.75, 3.05) is 0 Å². The summed E-state index contributed by atoms with van der Waals surface area (Å²) in [6.07, 6.45) is 3.57. The molecular formula is C15H16N4O2. The number of fused-ring (bicyclic) bond motifs is 1. The minimum absolute atomic E-state index is 0.0845. The van der Waals surface area contributed by atoms with Gasteiger partial charge in [-0.2, -0.15) is 5.10 Å². The van der Waals surface area contributed by atoms with Crippen LogP contribution in [0.4, 0.5) is 0 Å². The first-order valence-corrected chi connectivity index (χ1v) is 6.77. The number of rotatable bonds is 4. The monoisotopic (exact) mass is 284 g/mol. The SMILES string of the molecule is CC(C)n1cncc1Cn1nc(C(=O)O)c2ccccc21. The molecule has 0 aliphatic rings. The lowest BCUT2D eigenvalue weighted by Gasteiger charge is -2.12. The first-order valence-electron chi connectivity index (χ1n) is 6.77. The molecule has 108 valence electrons. The summed E-state index contributed by atoms with van der Waals surface area (Å²) in [5.74, 6) is -1.01. The lowest BCUT2D eigenvalue weighted by molar-refractivity contribution is 0.0691. The summed E-state index contributed by atoms with van der Waals surface area (Å²) in [5, 5.41) is 14.2. The molecule has 0 fully saturated rings. The van der Waals surface area contributed by atoms with Crippen LogP contribution in [0.5, 0.6) is 0 Å². The molecule has 0 unspecified atom stereocenters. The van der Waals surface area contributed by atoms with E-state index in [0.717, 1.165) is 11.2 Å². The second-order valence-corrected chi connectivity index (χ2v) is 5.21. The van der Waals surface area contributed by atoms with E-state index in [1.54, 1.807) is 23.3 Å². The van der Waals surface area contributed by atoms with Gasteiger partial charge in [0.15, 0.2) is 5.69 Å². The Hall–Kier alpha value is -2.63. The maximum Gasteiger partial charge on any atom is 0.357 e. The standard InChI is InChI=1S/C15H16N4O2/c1-10(2)18-9-16-7-11(18)8-19-13-6-4-3-5-12(13)14(17-19)15(20)21/h3-7,9-10H,8H2,1-2H3,(H,20,21). The van der Waals surface area contributed by atoms with Gasteiger partial charge in [-0.05, 0) is 19.9 Å². The molecule has 0 atom stereocenters. The Morgan fingerprint density at radius 3 is 2.81 bits per heavy atom. The predicted octanol–water partition coefficient (Wildman–Crippen LogP) is 2.56. The average Bonchev–Trinajstić information content (AvgIpc) is 3.04. The molecule has 2 heterocycles. The third-order valence-corrected chi connectivity index (χ3v) is 3.47. The van der Waals surface area contributed by atoms with Crippen LogP contribution in [0, 0.1) is 0 Å². The molecule has 0 bridgehead atoms. The highest BCUT2D eigenvalue weighted by atomic mass is 16.4. The van der Waals surface area contributed by atoms with Crippen LogP contribution in [0.2, 0.25) is 0 Å². The molecule has 1 N–H and O–H groups in total. The van der Waals surface area contributed by atoms with Crippen molar-refractivity contribution in [3.63, 3.8) is 0 Å². The fraction of sp³-hybridized carbons (Fsp3) is 0.267. The summed E-state index contributed by atoms with van der Waals surface area (Å²) >= 11 is 0. The Bertz CT molecular complexity index is 801. The number of carboxylic acids is 1. The van der Waals surface area contributed by atoms with Crippen LogP contribution in [0.25, 0.3) is 10.9 Å². The van der Waals surface area contributed by atoms with Gasteiger partial charge in [0.2, 0.25) is 0 Å². The number of aromatic carboxylic acids is 1. The summed E-state index contributed by atoms with van der Waals surface area (Å²) in [4.78, 5) is 15.5. The maximum absolute atomic E-state index is 11.3. The number of para-hydroxylation sites is 1. The van der Waals surface area contributed by atoms with E-state index in [2.05, 4.69) is 28.5 Å². The number of hydrogen-bond acceptors (Lipinski definition) is 3. The Labute approximate surface area is 121 Å². The number of carbonyl (C=O) groups is 1. The molecule has 0 aliphatic carbocycles. The van der Waals surface area contributed by atoms with Gasteiger partial charge in [0, 0.05) is 11.4 Å². The van der Waals surface area contributed by atoms with Crippen molar-refractivity contribution in [2.24, 2.45) is 0 Å². The van der Waals surface area contributed by atoms with Gasteiger partial charge in [-0.15, -0.1) is 0 Å². The van der Waals surface area contributed by atoms with Gasteiger partial charge in [-0.1, -0.05) is 18.2 Å². The van der Waals surface area contributed by atoms with Crippen molar-refractivity contribution in [2.45, 2.75) is 26.4 Å². The lowest BCUT2D eigenvalue weighted by Crippen LogP contribution is -2.10. The van der Waals surface area contributed by atoms with Crippen LogP contribution >= 0.6 is 0 Å². The van der Waals surface area contributed by atoms with E-state index in [1.807, 2.05) is 18.2 Å². The molecule has 0 saturated carbocycles. The van der Waals surface area contributed by atoms with Crippen LogP contribution in [-0.2, 0) is 6.54 Å². The Balaban J connectivity index is 2.09. The maximum atomic E-state index is 11.3. The van der Waals surface area contributed by atoms with Crippen molar-refractivity contribution in [1.29, 1.82) is 0 Å². The van der Waals surface area contributed by atoms with E-state index < -0.39 is 5.97 Å². The second-order valence-electron chi connectivity index (χ2n) is 5.21. The van der Waals surface area contributed by atoms with Gasteiger partial charge < -0.3 is 9.67 Å². The minimum atomic E-state index is -1.01. The zero-order valence-electron chi connectivity index (χ0n) is 11.9.